The molecule has 2 aromatic carbocycles. The molecule has 0 aliphatic carbocycles. The van der Waals surface area contributed by atoms with Crippen molar-refractivity contribution in [3.8, 4) is 11.5 Å². The molecule has 0 heterocycles. The van der Waals surface area contributed by atoms with Gasteiger partial charge in [0, 0.05) is 6.54 Å². The van der Waals surface area contributed by atoms with Crippen LogP contribution in [-0.4, -0.2) is 16.6 Å². The molecular weight excluding hydrogens is 272 g/mol. The van der Waals surface area contributed by atoms with Crippen LogP contribution in [0.5, 0.6) is 11.5 Å². The van der Waals surface area contributed by atoms with Crippen LogP contribution < -0.4 is 10.1 Å². The van der Waals surface area contributed by atoms with Crippen molar-refractivity contribution in [2.75, 3.05) is 11.9 Å². The van der Waals surface area contributed by atoms with E-state index in [2.05, 4.69) is 5.32 Å². The molecule has 0 fully saturated rings. The van der Waals surface area contributed by atoms with E-state index in [1.807, 2.05) is 6.92 Å². The summed E-state index contributed by atoms with van der Waals surface area (Å²) in [5.41, 5.74) is 1.31. The largest absolute Gasteiger partial charge is 0.508 e. The molecule has 6 nitrogen and oxygen atoms in total. The van der Waals surface area contributed by atoms with E-state index in [0.717, 1.165) is 5.56 Å². The van der Waals surface area contributed by atoms with Gasteiger partial charge in [0.1, 0.15) is 17.2 Å². The molecule has 2 rings (SSSR count). The zero-order valence-electron chi connectivity index (χ0n) is 11.6. The summed E-state index contributed by atoms with van der Waals surface area (Å²) in [6.45, 7) is 2.70. The Kier molecular flexibility index (Phi) is 4.61. The molecule has 0 spiro atoms. The van der Waals surface area contributed by atoms with E-state index in [0.29, 0.717) is 24.6 Å². The molecule has 0 aliphatic heterocycles. The highest BCUT2D eigenvalue weighted by Crippen LogP contribution is 2.29. The second-order valence-corrected chi connectivity index (χ2v) is 4.39. The van der Waals surface area contributed by atoms with Crippen LogP contribution in [0.2, 0.25) is 0 Å². The fraction of sp³-hybridized carbons (Fsp3) is 0.200. The maximum Gasteiger partial charge on any atom is 0.296 e. The van der Waals surface area contributed by atoms with Crippen LogP contribution >= 0.6 is 0 Å². The maximum atomic E-state index is 11.1. The average Bonchev–Trinajstić information content (AvgIpc) is 2.47. The Balaban J connectivity index is 2.15. The molecule has 0 radical (unpaired) electrons. The SMILES string of the molecule is CCOc1ccc(NCc2ccc(O)cc2)c([N+](=O)[O-])c1. The van der Waals surface area contributed by atoms with Gasteiger partial charge in [0.15, 0.2) is 0 Å². The Morgan fingerprint density at radius 1 is 1.24 bits per heavy atom. The first-order valence-corrected chi connectivity index (χ1v) is 6.53. The van der Waals surface area contributed by atoms with Crippen molar-refractivity contribution in [3.63, 3.8) is 0 Å². The van der Waals surface area contributed by atoms with Crippen molar-refractivity contribution in [2.24, 2.45) is 0 Å². The van der Waals surface area contributed by atoms with Gasteiger partial charge in [-0.05, 0) is 36.8 Å². The molecule has 0 aliphatic rings. The van der Waals surface area contributed by atoms with Gasteiger partial charge in [0.05, 0.1) is 17.6 Å². The fourth-order valence-corrected chi connectivity index (χ4v) is 1.88. The van der Waals surface area contributed by atoms with Crippen LogP contribution in [0.4, 0.5) is 11.4 Å². The maximum absolute atomic E-state index is 11.1. The van der Waals surface area contributed by atoms with E-state index < -0.39 is 4.92 Å². The molecule has 2 aromatic rings. The molecule has 0 saturated heterocycles. The molecule has 0 atom stereocenters. The predicted molar refractivity (Wildman–Crippen MR) is 79.7 cm³/mol. The highest BCUT2D eigenvalue weighted by molar-refractivity contribution is 5.64. The van der Waals surface area contributed by atoms with Gasteiger partial charge in [-0.2, -0.15) is 0 Å². The van der Waals surface area contributed by atoms with Gasteiger partial charge in [-0.1, -0.05) is 12.1 Å². The van der Waals surface area contributed by atoms with Crippen LogP contribution in [0.15, 0.2) is 42.5 Å². The second-order valence-electron chi connectivity index (χ2n) is 4.39. The number of aromatic hydroxyl groups is 1. The van der Waals surface area contributed by atoms with Crippen LogP contribution in [0.25, 0.3) is 0 Å². The predicted octanol–water partition coefficient (Wildman–Crippen LogP) is 3.31. The van der Waals surface area contributed by atoms with Gasteiger partial charge < -0.3 is 15.2 Å². The van der Waals surface area contributed by atoms with Crippen molar-refractivity contribution >= 4 is 11.4 Å². The highest BCUT2D eigenvalue weighted by atomic mass is 16.6. The number of nitrogens with zero attached hydrogens (tertiary/aromatic N) is 1. The minimum Gasteiger partial charge on any atom is -0.508 e. The van der Waals surface area contributed by atoms with E-state index in [-0.39, 0.29) is 11.4 Å². The summed E-state index contributed by atoms with van der Waals surface area (Å²) in [6, 6.07) is 11.4. The topological polar surface area (TPSA) is 84.6 Å². The summed E-state index contributed by atoms with van der Waals surface area (Å²) in [4.78, 5) is 10.7. The molecule has 0 bridgehead atoms. The second kappa shape index (κ2) is 6.60. The first-order valence-electron chi connectivity index (χ1n) is 6.53. The zero-order chi connectivity index (χ0) is 15.2. The first-order chi connectivity index (χ1) is 10.1. The lowest BCUT2D eigenvalue weighted by Crippen LogP contribution is -2.03. The molecule has 21 heavy (non-hydrogen) atoms. The number of rotatable bonds is 6. The number of hydrogen-bond acceptors (Lipinski definition) is 5. The van der Waals surface area contributed by atoms with Crippen molar-refractivity contribution in [2.45, 2.75) is 13.5 Å². The lowest BCUT2D eigenvalue weighted by Gasteiger charge is -2.09. The van der Waals surface area contributed by atoms with E-state index in [1.165, 1.54) is 6.07 Å². The highest BCUT2D eigenvalue weighted by Gasteiger charge is 2.15. The molecular formula is C15H16N2O4. The smallest absolute Gasteiger partial charge is 0.296 e. The van der Waals surface area contributed by atoms with Crippen molar-refractivity contribution < 1.29 is 14.8 Å². The average molecular weight is 288 g/mol. The molecule has 0 unspecified atom stereocenters. The number of ether oxygens (including phenoxy) is 1. The number of phenolic OH excluding ortho intramolecular Hbond substituents is 1. The molecule has 6 heteroatoms. The summed E-state index contributed by atoms with van der Waals surface area (Å²) >= 11 is 0. The molecule has 0 amide bonds. The summed E-state index contributed by atoms with van der Waals surface area (Å²) in [7, 11) is 0. The number of benzene rings is 2. The Morgan fingerprint density at radius 3 is 2.57 bits per heavy atom. The third kappa shape index (κ3) is 3.85. The number of hydrogen-bond donors (Lipinski definition) is 2. The van der Waals surface area contributed by atoms with Gasteiger partial charge in [-0.3, -0.25) is 10.1 Å². The Bertz CT molecular complexity index is 626. The number of phenols is 1. The van der Waals surface area contributed by atoms with Gasteiger partial charge in [-0.25, -0.2) is 0 Å². The minimum atomic E-state index is -0.443. The van der Waals surface area contributed by atoms with Crippen LogP contribution in [0, 0.1) is 10.1 Å². The van der Waals surface area contributed by atoms with Gasteiger partial charge >= 0.3 is 0 Å². The Hall–Kier alpha value is -2.76. The molecule has 2 N–H and O–H groups in total. The standard InChI is InChI=1S/C15H16N2O4/c1-2-21-13-7-8-14(15(9-13)17(19)20)16-10-11-3-5-12(18)6-4-11/h3-9,16,18H,2,10H2,1H3. The monoisotopic (exact) mass is 288 g/mol. The van der Waals surface area contributed by atoms with Crippen LogP contribution in [0.1, 0.15) is 12.5 Å². The normalized spacial score (nSPS) is 10.1. The molecule has 0 saturated carbocycles. The van der Waals surface area contributed by atoms with E-state index >= 15 is 0 Å². The number of nitro benzene ring substituents is 1. The summed E-state index contributed by atoms with van der Waals surface area (Å²) in [5.74, 6) is 0.658. The third-order valence-corrected chi connectivity index (χ3v) is 2.90. The number of nitrogens with one attached hydrogen (secondary N) is 1. The first kappa shape index (κ1) is 14.6. The van der Waals surface area contributed by atoms with Gasteiger partial charge in [0.2, 0.25) is 0 Å². The van der Waals surface area contributed by atoms with E-state index in [4.69, 9.17) is 4.74 Å². The Labute approximate surface area is 122 Å². The summed E-state index contributed by atoms with van der Waals surface area (Å²) in [5, 5.41) is 23.3. The molecule has 0 aromatic heterocycles. The number of nitro groups is 1. The quantitative estimate of drug-likeness (QED) is 0.629. The van der Waals surface area contributed by atoms with Crippen LogP contribution in [-0.2, 0) is 6.54 Å². The third-order valence-electron chi connectivity index (χ3n) is 2.90. The van der Waals surface area contributed by atoms with Gasteiger partial charge in [-0.15, -0.1) is 0 Å². The van der Waals surface area contributed by atoms with Crippen molar-refractivity contribution in [3.05, 3.63) is 58.1 Å². The van der Waals surface area contributed by atoms with Crippen LogP contribution in [0.3, 0.4) is 0 Å². The lowest BCUT2D eigenvalue weighted by molar-refractivity contribution is -0.384. The summed E-state index contributed by atoms with van der Waals surface area (Å²) in [6.07, 6.45) is 0. The van der Waals surface area contributed by atoms with Crippen molar-refractivity contribution in [1.29, 1.82) is 0 Å². The van der Waals surface area contributed by atoms with Gasteiger partial charge in [0.25, 0.3) is 5.69 Å². The number of anilines is 1. The summed E-state index contributed by atoms with van der Waals surface area (Å²) < 4.78 is 5.27. The van der Waals surface area contributed by atoms with E-state index in [1.54, 1.807) is 36.4 Å². The minimum absolute atomic E-state index is 0.0280. The Morgan fingerprint density at radius 2 is 1.95 bits per heavy atom. The fourth-order valence-electron chi connectivity index (χ4n) is 1.88. The lowest BCUT2D eigenvalue weighted by atomic mass is 10.2. The van der Waals surface area contributed by atoms with E-state index in [9.17, 15) is 15.2 Å². The zero-order valence-corrected chi connectivity index (χ0v) is 11.6. The molecule has 110 valence electrons. The van der Waals surface area contributed by atoms with Crippen molar-refractivity contribution in [1.82, 2.24) is 0 Å².